The van der Waals surface area contributed by atoms with E-state index < -0.39 is 0 Å². The van der Waals surface area contributed by atoms with E-state index in [4.69, 9.17) is 4.74 Å². The number of nitrogens with one attached hydrogen (secondary N) is 1. The summed E-state index contributed by atoms with van der Waals surface area (Å²) in [5.74, 6) is 0.826. The number of hydrogen-bond acceptors (Lipinski definition) is 5. The third-order valence-corrected chi connectivity index (χ3v) is 5.56. The maximum atomic E-state index is 12.6. The lowest BCUT2D eigenvalue weighted by molar-refractivity contribution is 0.0950. The lowest BCUT2D eigenvalue weighted by atomic mass is 10.1. The molecule has 1 amide bonds. The van der Waals surface area contributed by atoms with Crippen molar-refractivity contribution >= 4 is 11.6 Å². The van der Waals surface area contributed by atoms with E-state index in [0.717, 1.165) is 49.6 Å². The number of carbonyl (C=O) groups is 1. The fraction of sp³-hybridized carbons (Fsp3) is 0.280. The average molecular weight is 417 g/mol. The molecular formula is C25H28N4O2. The van der Waals surface area contributed by atoms with E-state index in [9.17, 15) is 4.79 Å². The zero-order chi connectivity index (χ0) is 21.5. The second-order valence-electron chi connectivity index (χ2n) is 7.71. The van der Waals surface area contributed by atoms with Crippen molar-refractivity contribution in [3.8, 4) is 5.75 Å². The van der Waals surface area contributed by atoms with Crippen LogP contribution >= 0.6 is 0 Å². The van der Waals surface area contributed by atoms with Gasteiger partial charge in [-0.25, -0.2) is 0 Å². The van der Waals surface area contributed by atoms with Crippen molar-refractivity contribution < 1.29 is 9.53 Å². The number of ether oxygens (including phenoxy) is 1. The van der Waals surface area contributed by atoms with Gasteiger partial charge in [0, 0.05) is 69.0 Å². The molecule has 6 heteroatoms. The number of piperazine rings is 1. The van der Waals surface area contributed by atoms with Crippen molar-refractivity contribution in [3.63, 3.8) is 0 Å². The molecule has 160 valence electrons. The highest BCUT2D eigenvalue weighted by Crippen LogP contribution is 2.22. The van der Waals surface area contributed by atoms with E-state index in [2.05, 4.69) is 38.3 Å². The zero-order valence-electron chi connectivity index (χ0n) is 17.8. The monoisotopic (exact) mass is 416 g/mol. The standard InChI is InChI=1S/C25H28N4O2/c1-31-24-9-3-8-23(16-24)29-13-11-28(12-14-29)19-20-5-2-7-22(15-20)25(30)27-18-21-6-4-10-26-17-21/h2-10,15-17H,11-14,18-19H2,1H3,(H,27,30). The van der Waals surface area contributed by atoms with Gasteiger partial charge in [-0.1, -0.05) is 24.3 Å². The first-order valence-corrected chi connectivity index (χ1v) is 10.6. The molecule has 0 atom stereocenters. The van der Waals surface area contributed by atoms with Gasteiger partial charge < -0.3 is 15.0 Å². The summed E-state index contributed by atoms with van der Waals surface area (Å²) in [6, 6.07) is 20.0. The lowest BCUT2D eigenvalue weighted by Gasteiger charge is -2.36. The number of nitrogens with zero attached hydrogens (tertiary/aromatic N) is 3. The Morgan fingerprint density at radius 1 is 1.00 bits per heavy atom. The van der Waals surface area contributed by atoms with E-state index in [1.54, 1.807) is 19.5 Å². The Labute approximate surface area is 183 Å². The Kier molecular flexibility index (Phi) is 6.79. The number of hydrogen-bond donors (Lipinski definition) is 1. The van der Waals surface area contributed by atoms with E-state index in [1.807, 2.05) is 42.5 Å². The Bertz CT molecular complexity index is 1000. The van der Waals surface area contributed by atoms with E-state index >= 15 is 0 Å². The quantitative estimate of drug-likeness (QED) is 0.640. The minimum Gasteiger partial charge on any atom is -0.497 e. The number of anilines is 1. The molecule has 1 N–H and O–H groups in total. The van der Waals surface area contributed by atoms with Crippen molar-refractivity contribution in [3.05, 3.63) is 89.7 Å². The smallest absolute Gasteiger partial charge is 0.251 e. The second-order valence-corrected chi connectivity index (χ2v) is 7.71. The SMILES string of the molecule is COc1cccc(N2CCN(Cc3cccc(C(=O)NCc4cccnc4)c3)CC2)c1. The Morgan fingerprint density at radius 3 is 2.58 bits per heavy atom. The summed E-state index contributed by atoms with van der Waals surface area (Å²) in [5.41, 5.74) is 4.03. The molecule has 0 unspecified atom stereocenters. The van der Waals surface area contributed by atoms with Crippen molar-refractivity contribution in [2.45, 2.75) is 13.1 Å². The number of benzene rings is 2. The third kappa shape index (κ3) is 5.61. The van der Waals surface area contributed by atoms with Gasteiger partial charge in [-0.3, -0.25) is 14.7 Å². The minimum atomic E-state index is -0.0615. The number of pyridine rings is 1. The molecule has 4 rings (SSSR count). The van der Waals surface area contributed by atoms with Gasteiger partial charge in [0.25, 0.3) is 5.91 Å². The maximum Gasteiger partial charge on any atom is 0.251 e. The van der Waals surface area contributed by atoms with E-state index in [-0.39, 0.29) is 5.91 Å². The summed E-state index contributed by atoms with van der Waals surface area (Å²) in [6.45, 7) is 5.22. The summed E-state index contributed by atoms with van der Waals surface area (Å²) in [4.78, 5) is 21.5. The highest BCUT2D eigenvalue weighted by molar-refractivity contribution is 5.94. The van der Waals surface area contributed by atoms with Crippen LogP contribution in [0.4, 0.5) is 5.69 Å². The van der Waals surface area contributed by atoms with E-state index in [0.29, 0.717) is 12.1 Å². The molecule has 6 nitrogen and oxygen atoms in total. The molecule has 2 aromatic carbocycles. The van der Waals surface area contributed by atoms with Crippen LogP contribution < -0.4 is 15.0 Å². The lowest BCUT2D eigenvalue weighted by Crippen LogP contribution is -2.46. The molecule has 0 saturated carbocycles. The largest absolute Gasteiger partial charge is 0.497 e. The fourth-order valence-electron chi connectivity index (χ4n) is 3.83. The number of amides is 1. The molecule has 31 heavy (non-hydrogen) atoms. The molecule has 1 fully saturated rings. The number of carbonyl (C=O) groups excluding carboxylic acids is 1. The van der Waals surface area contributed by atoms with Gasteiger partial charge in [0.05, 0.1) is 7.11 Å². The number of methoxy groups -OCH3 is 1. The normalized spacial score (nSPS) is 14.3. The van der Waals surface area contributed by atoms with Crippen LogP contribution in [0.1, 0.15) is 21.5 Å². The number of aromatic nitrogens is 1. The Balaban J connectivity index is 1.30. The molecular weight excluding hydrogens is 388 g/mol. The molecule has 1 aliphatic rings. The molecule has 1 aliphatic heterocycles. The van der Waals surface area contributed by atoms with Gasteiger partial charge in [-0.15, -0.1) is 0 Å². The van der Waals surface area contributed by atoms with Gasteiger partial charge in [-0.05, 0) is 41.5 Å². The van der Waals surface area contributed by atoms with Gasteiger partial charge >= 0.3 is 0 Å². The van der Waals surface area contributed by atoms with Crippen LogP contribution in [0, 0.1) is 0 Å². The maximum absolute atomic E-state index is 12.6. The molecule has 0 spiro atoms. The highest BCUT2D eigenvalue weighted by atomic mass is 16.5. The van der Waals surface area contributed by atoms with Crippen molar-refractivity contribution in [1.29, 1.82) is 0 Å². The minimum absolute atomic E-state index is 0.0615. The van der Waals surface area contributed by atoms with Crippen LogP contribution in [0.5, 0.6) is 5.75 Å². The summed E-state index contributed by atoms with van der Waals surface area (Å²) in [5, 5.41) is 2.97. The predicted octanol–water partition coefficient (Wildman–Crippen LogP) is 3.34. The average Bonchev–Trinajstić information content (AvgIpc) is 2.84. The summed E-state index contributed by atoms with van der Waals surface area (Å²) < 4.78 is 5.35. The van der Waals surface area contributed by atoms with Crippen LogP contribution in [0.2, 0.25) is 0 Å². The molecule has 3 aromatic rings. The summed E-state index contributed by atoms with van der Waals surface area (Å²) >= 11 is 0. The second kappa shape index (κ2) is 10.1. The van der Waals surface area contributed by atoms with Gasteiger partial charge in [0.2, 0.25) is 0 Å². The molecule has 0 aliphatic carbocycles. The van der Waals surface area contributed by atoms with Crippen LogP contribution in [0.25, 0.3) is 0 Å². The van der Waals surface area contributed by atoms with Crippen molar-refractivity contribution in [2.75, 3.05) is 38.2 Å². The van der Waals surface area contributed by atoms with Crippen molar-refractivity contribution in [1.82, 2.24) is 15.2 Å². The molecule has 1 saturated heterocycles. The van der Waals surface area contributed by atoms with Crippen LogP contribution in [-0.2, 0) is 13.1 Å². The van der Waals surface area contributed by atoms with Crippen LogP contribution in [0.15, 0.2) is 73.1 Å². The third-order valence-electron chi connectivity index (χ3n) is 5.56. The molecule has 0 bridgehead atoms. The first-order chi connectivity index (χ1) is 15.2. The number of rotatable bonds is 7. The van der Waals surface area contributed by atoms with E-state index in [1.165, 1.54) is 5.69 Å². The van der Waals surface area contributed by atoms with Gasteiger partial charge in [-0.2, -0.15) is 0 Å². The van der Waals surface area contributed by atoms with Crippen molar-refractivity contribution in [2.24, 2.45) is 0 Å². The molecule has 0 radical (unpaired) electrons. The Morgan fingerprint density at radius 2 is 1.81 bits per heavy atom. The van der Waals surface area contributed by atoms with Crippen LogP contribution in [-0.4, -0.2) is 49.1 Å². The van der Waals surface area contributed by atoms with Gasteiger partial charge in [0.15, 0.2) is 0 Å². The predicted molar refractivity (Wildman–Crippen MR) is 122 cm³/mol. The summed E-state index contributed by atoms with van der Waals surface area (Å²) in [7, 11) is 1.70. The summed E-state index contributed by atoms with van der Waals surface area (Å²) in [6.07, 6.45) is 3.49. The first kappa shape index (κ1) is 20.9. The Hall–Kier alpha value is -3.38. The first-order valence-electron chi connectivity index (χ1n) is 10.6. The molecule has 2 heterocycles. The fourth-order valence-corrected chi connectivity index (χ4v) is 3.83. The topological polar surface area (TPSA) is 57.7 Å². The highest BCUT2D eigenvalue weighted by Gasteiger charge is 2.18. The van der Waals surface area contributed by atoms with Gasteiger partial charge in [0.1, 0.15) is 5.75 Å². The van der Waals surface area contributed by atoms with Crippen LogP contribution in [0.3, 0.4) is 0 Å². The molecule has 1 aromatic heterocycles. The zero-order valence-corrected chi connectivity index (χ0v) is 17.8.